The Bertz CT molecular complexity index is 695. The van der Waals surface area contributed by atoms with Gasteiger partial charge in [-0.1, -0.05) is 23.7 Å². The number of halogens is 1. The number of hydrogen-bond acceptors (Lipinski definition) is 3. The first kappa shape index (κ1) is 13.5. The molecule has 1 aliphatic heterocycles. The van der Waals surface area contributed by atoms with E-state index in [1.807, 2.05) is 12.1 Å². The third-order valence-electron chi connectivity index (χ3n) is 2.94. The zero-order valence-electron chi connectivity index (χ0n) is 11.0. The van der Waals surface area contributed by atoms with Gasteiger partial charge in [0.15, 0.2) is 11.5 Å². The van der Waals surface area contributed by atoms with Crippen LogP contribution < -0.4 is 14.8 Å². The third kappa shape index (κ3) is 3.35. The summed E-state index contributed by atoms with van der Waals surface area (Å²) in [7, 11) is 0. The van der Waals surface area contributed by atoms with Crippen LogP contribution in [0.5, 0.6) is 11.5 Å². The highest BCUT2D eigenvalue weighted by Gasteiger charge is 2.13. The van der Waals surface area contributed by atoms with E-state index in [0.717, 1.165) is 5.56 Å². The molecule has 0 bridgehead atoms. The number of rotatable bonds is 3. The summed E-state index contributed by atoms with van der Waals surface area (Å²) in [5, 5.41) is 3.43. The van der Waals surface area contributed by atoms with E-state index in [-0.39, 0.29) is 12.7 Å². The summed E-state index contributed by atoms with van der Waals surface area (Å²) in [6, 6.07) is 12.5. The van der Waals surface area contributed by atoms with Crippen molar-refractivity contribution < 1.29 is 14.3 Å². The Hall–Kier alpha value is -2.46. The van der Waals surface area contributed by atoms with Gasteiger partial charge in [-0.3, -0.25) is 4.79 Å². The average Bonchev–Trinajstić information content (AvgIpc) is 2.94. The van der Waals surface area contributed by atoms with Crippen molar-refractivity contribution in [3.8, 4) is 11.5 Å². The Morgan fingerprint density at radius 3 is 2.67 bits per heavy atom. The smallest absolute Gasteiger partial charge is 0.248 e. The molecule has 0 fully saturated rings. The second-order valence-electron chi connectivity index (χ2n) is 4.44. The Labute approximate surface area is 126 Å². The summed E-state index contributed by atoms with van der Waals surface area (Å²) >= 11 is 5.80. The summed E-state index contributed by atoms with van der Waals surface area (Å²) in [6.07, 6.45) is 3.19. The molecule has 1 aliphatic rings. The molecule has 0 aromatic heterocycles. The highest BCUT2D eigenvalue weighted by molar-refractivity contribution is 6.30. The molecule has 3 rings (SSSR count). The van der Waals surface area contributed by atoms with E-state index in [2.05, 4.69) is 5.32 Å². The quantitative estimate of drug-likeness (QED) is 0.879. The minimum atomic E-state index is -0.219. The van der Waals surface area contributed by atoms with Crippen molar-refractivity contribution in [2.75, 3.05) is 12.1 Å². The Morgan fingerprint density at radius 2 is 1.86 bits per heavy atom. The summed E-state index contributed by atoms with van der Waals surface area (Å²) in [6.45, 7) is 0.212. The molecular weight excluding hydrogens is 290 g/mol. The largest absolute Gasteiger partial charge is 0.454 e. The van der Waals surface area contributed by atoms with Crippen LogP contribution in [0.25, 0.3) is 6.08 Å². The van der Waals surface area contributed by atoms with Crippen molar-refractivity contribution in [3.63, 3.8) is 0 Å². The lowest BCUT2D eigenvalue weighted by Crippen LogP contribution is -2.07. The maximum absolute atomic E-state index is 11.9. The summed E-state index contributed by atoms with van der Waals surface area (Å²) in [4.78, 5) is 11.9. The number of fused-ring (bicyclic) bond motifs is 1. The number of anilines is 1. The van der Waals surface area contributed by atoms with Gasteiger partial charge in [0.05, 0.1) is 0 Å². The van der Waals surface area contributed by atoms with Gasteiger partial charge in [0.2, 0.25) is 12.7 Å². The van der Waals surface area contributed by atoms with Gasteiger partial charge in [0.1, 0.15) is 0 Å². The molecule has 0 unspecified atom stereocenters. The van der Waals surface area contributed by atoms with Crippen molar-refractivity contribution in [1.82, 2.24) is 0 Å². The van der Waals surface area contributed by atoms with E-state index < -0.39 is 0 Å². The number of ether oxygens (including phenoxy) is 2. The topological polar surface area (TPSA) is 47.6 Å². The number of carbonyl (C=O) groups excluding carboxylic acids is 1. The van der Waals surface area contributed by atoms with E-state index >= 15 is 0 Å². The molecule has 21 heavy (non-hydrogen) atoms. The average molecular weight is 302 g/mol. The molecule has 0 saturated carbocycles. The number of nitrogens with one attached hydrogen (secondary N) is 1. The number of benzene rings is 2. The van der Waals surface area contributed by atoms with Gasteiger partial charge in [0.25, 0.3) is 0 Å². The van der Waals surface area contributed by atoms with Crippen molar-refractivity contribution in [2.24, 2.45) is 0 Å². The van der Waals surface area contributed by atoms with Crippen LogP contribution >= 0.6 is 11.6 Å². The van der Waals surface area contributed by atoms with Crippen LogP contribution in [0.1, 0.15) is 5.56 Å². The molecule has 0 spiro atoms. The van der Waals surface area contributed by atoms with Crippen LogP contribution in [0.15, 0.2) is 48.5 Å². The zero-order chi connectivity index (χ0) is 14.7. The lowest BCUT2D eigenvalue weighted by molar-refractivity contribution is -0.111. The van der Waals surface area contributed by atoms with E-state index in [9.17, 15) is 4.79 Å². The van der Waals surface area contributed by atoms with E-state index in [4.69, 9.17) is 21.1 Å². The van der Waals surface area contributed by atoms with Gasteiger partial charge in [-0.25, -0.2) is 0 Å². The monoisotopic (exact) mass is 301 g/mol. The predicted octanol–water partition coefficient (Wildman–Crippen LogP) is 3.72. The molecule has 106 valence electrons. The maximum atomic E-state index is 11.9. The van der Waals surface area contributed by atoms with Crippen LogP contribution in [0.3, 0.4) is 0 Å². The molecule has 4 nitrogen and oxygen atoms in total. The first-order valence-corrected chi connectivity index (χ1v) is 6.73. The lowest BCUT2D eigenvalue weighted by Gasteiger charge is -2.03. The summed E-state index contributed by atoms with van der Waals surface area (Å²) in [5.41, 5.74) is 1.56. The first-order valence-electron chi connectivity index (χ1n) is 6.35. The normalized spacial score (nSPS) is 12.6. The fraction of sp³-hybridized carbons (Fsp3) is 0.0625. The first-order chi connectivity index (χ1) is 10.2. The molecule has 1 N–H and O–H groups in total. The number of carbonyl (C=O) groups is 1. The van der Waals surface area contributed by atoms with Crippen molar-refractivity contribution in [2.45, 2.75) is 0 Å². The fourth-order valence-electron chi connectivity index (χ4n) is 1.90. The second kappa shape index (κ2) is 5.89. The second-order valence-corrected chi connectivity index (χ2v) is 4.88. The highest BCUT2D eigenvalue weighted by Crippen LogP contribution is 2.34. The van der Waals surface area contributed by atoms with E-state index in [1.165, 1.54) is 6.08 Å². The van der Waals surface area contributed by atoms with Crippen molar-refractivity contribution in [3.05, 3.63) is 59.1 Å². The maximum Gasteiger partial charge on any atom is 0.248 e. The molecule has 0 aliphatic carbocycles. The number of hydrogen-bond donors (Lipinski definition) is 1. The predicted molar refractivity (Wildman–Crippen MR) is 81.7 cm³/mol. The summed E-state index contributed by atoms with van der Waals surface area (Å²) < 4.78 is 10.5. The molecule has 0 atom stereocenters. The summed E-state index contributed by atoms with van der Waals surface area (Å²) in [5.74, 6) is 1.10. The molecular formula is C16H12ClNO3. The van der Waals surface area contributed by atoms with Crippen LogP contribution in [-0.2, 0) is 4.79 Å². The minimum Gasteiger partial charge on any atom is -0.454 e. The van der Waals surface area contributed by atoms with Gasteiger partial charge in [0, 0.05) is 22.9 Å². The third-order valence-corrected chi connectivity index (χ3v) is 3.19. The highest BCUT2D eigenvalue weighted by atomic mass is 35.5. The Balaban J connectivity index is 1.65. The fourth-order valence-corrected chi connectivity index (χ4v) is 2.03. The van der Waals surface area contributed by atoms with Crippen LogP contribution in [-0.4, -0.2) is 12.7 Å². The molecule has 2 aromatic carbocycles. The zero-order valence-corrected chi connectivity index (χ0v) is 11.8. The SMILES string of the molecule is O=C(/C=C/c1ccc(Cl)cc1)Nc1ccc2c(c1)OCO2. The van der Waals surface area contributed by atoms with E-state index in [1.54, 1.807) is 36.4 Å². The molecule has 5 heteroatoms. The van der Waals surface area contributed by atoms with Gasteiger partial charge in [-0.15, -0.1) is 0 Å². The standard InChI is InChI=1S/C16H12ClNO3/c17-12-4-1-11(2-5-12)3-8-16(19)18-13-6-7-14-15(9-13)21-10-20-14/h1-9H,10H2,(H,18,19)/b8-3+. The van der Waals surface area contributed by atoms with Crippen molar-refractivity contribution >= 4 is 29.3 Å². The van der Waals surface area contributed by atoms with Gasteiger partial charge < -0.3 is 14.8 Å². The van der Waals surface area contributed by atoms with Crippen LogP contribution in [0, 0.1) is 0 Å². The molecule has 0 saturated heterocycles. The molecule has 1 heterocycles. The molecule has 2 aromatic rings. The minimum absolute atomic E-state index is 0.212. The molecule has 0 radical (unpaired) electrons. The molecule has 1 amide bonds. The van der Waals surface area contributed by atoms with Gasteiger partial charge in [-0.2, -0.15) is 0 Å². The lowest BCUT2D eigenvalue weighted by atomic mass is 10.2. The Morgan fingerprint density at radius 1 is 1.10 bits per heavy atom. The van der Waals surface area contributed by atoms with Crippen molar-refractivity contribution in [1.29, 1.82) is 0 Å². The van der Waals surface area contributed by atoms with Crippen LogP contribution in [0.4, 0.5) is 5.69 Å². The van der Waals surface area contributed by atoms with Gasteiger partial charge >= 0.3 is 0 Å². The van der Waals surface area contributed by atoms with Gasteiger partial charge in [-0.05, 0) is 35.9 Å². The Kier molecular flexibility index (Phi) is 3.79. The van der Waals surface area contributed by atoms with E-state index in [0.29, 0.717) is 22.2 Å². The number of amides is 1. The van der Waals surface area contributed by atoms with Crippen LogP contribution in [0.2, 0.25) is 5.02 Å².